The van der Waals surface area contributed by atoms with Gasteiger partial charge in [-0.3, -0.25) is 0 Å². The van der Waals surface area contributed by atoms with Gasteiger partial charge in [-0.1, -0.05) is 55.5 Å². The first-order valence-corrected chi connectivity index (χ1v) is 7.96. The molecule has 1 atom stereocenters. The summed E-state index contributed by atoms with van der Waals surface area (Å²) in [7, 11) is 0. The van der Waals surface area contributed by atoms with E-state index in [2.05, 4.69) is 17.4 Å². The Kier molecular flexibility index (Phi) is 4.51. The van der Waals surface area contributed by atoms with Crippen LogP contribution >= 0.6 is 0 Å². The highest BCUT2D eigenvalue weighted by Crippen LogP contribution is 2.44. The topological polar surface area (TPSA) is 75.6 Å². The summed E-state index contributed by atoms with van der Waals surface area (Å²) in [6.45, 7) is 1.87. The number of fused-ring (bicyclic) bond motifs is 3. The first-order chi connectivity index (χ1) is 11.6. The van der Waals surface area contributed by atoms with Gasteiger partial charge in [0.1, 0.15) is 12.6 Å². The molecular weight excluding hydrogens is 306 g/mol. The van der Waals surface area contributed by atoms with E-state index < -0.39 is 18.1 Å². The SMILES string of the molecule is CCC(NC(=O)OCC1c2ccccc2-c2ccccc21)C(=O)O. The zero-order valence-electron chi connectivity index (χ0n) is 13.4. The molecule has 0 bridgehead atoms. The number of aliphatic carboxylic acids is 1. The molecule has 3 rings (SSSR count). The van der Waals surface area contributed by atoms with E-state index in [0.29, 0.717) is 6.42 Å². The molecule has 0 radical (unpaired) electrons. The van der Waals surface area contributed by atoms with E-state index in [4.69, 9.17) is 9.84 Å². The minimum absolute atomic E-state index is 0.0342. The fourth-order valence-electron chi connectivity index (χ4n) is 3.12. The number of hydrogen-bond acceptors (Lipinski definition) is 3. The Morgan fingerprint density at radius 2 is 1.62 bits per heavy atom. The van der Waals surface area contributed by atoms with E-state index in [-0.39, 0.29) is 12.5 Å². The van der Waals surface area contributed by atoms with Crippen LogP contribution in [-0.2, 0) is 9.53 Å². The Hall–Kier alpha value is -2.82. The average molecular weight is 325 g/mol. The number of benzene rings is 2. The second-order valence-electron chi connectivity index (χ2n) is 5.77. The molecular formula is C19H19NO4. The van der Waals surface area contributed by atoms with Crippen molar-refractivity contribution in [2.75, 3.05) is 6.61 Å². The van der Waals surface area contributed by atoms with Crippen molar-refractivity contribution in [3.8, 4) is 11.1 Å². The molecule has 2 aromatic rings. The lowest BCUT2D eigenvalue weighted by molar-refractivity contribution is -0.139. The summed E-state index contributed by atoms with van der Waals surface area (Å²) in [4.78, 5) is 22.9. The minimum atomic E-state index is -1.06. The monoisotopic (exact) mass is 325 g/mol. The second kappa shape index (κ2) is 6.74. The molecule has 1 aliphatic carbocycles. The molecule has 1 amide bonds. The minimum Gasteiger partial charge on any atom is -0.480 e. The molecule has 5 nitrogen and oxygen atoms in total. The van der Waals surface area contributed by atoms with Crippen LogP contribution in [0.15, 0.2) is 48.5 Å². The number of alkyl carbamates (subject to hydrolysis) is 1. The van der Waals surface area contributed by atoms with Crippen molar-refractivity contribution in [1.82, 2.24) is 5.32 Å². The maximum absolute atomic E-state index is 11.9. The van der Waals surface area contributed by atoms with Gasteiger partial charge in [-0.2, -0.15) is 0 Å². The maximum Gasteiger partial charge on any atom is 0.407 e. The summed E-state index contributed by atoms with van der Waals surface area (Å²) in [5.74, 6) is -1.10. The Morgan fingerprint density at radius 3 is 2.12 bits per heavy atom. The summed E-state index contributed by atoms with van der Waals surface area (Å²) in [6, 6.07) is 15.2. The Labute approximate surface area is 140 Å². The van der Waals surface area contributed by atoms with Gasteiger partial charge in [0.15, 0.2) is 0 Å². The van der Waals surface area contributed by atoms with Crippen LogP contribution in [0, 0.1) is 0 Å². The predicted octanol–water partition coefficient (Wildman–Crippen LogP) is 3.39. The molecule has 0 fully saturated rings. The normalized spacial score (nSPS) is 13.7. The quantitative estimate of drug-likeness (QED) is 0.883. The molecule has 24 heavy (non-hydrogen) atoms. The van der Waals surface area contributed by atoms with Crippen molar-refractivity contribution >= 4 is 12.1 Å². The van der Waals surface area contributed by atoms with Crippen LogP contribution in [0.4, 0.5) is 4.79 Å². The summed E-state index contributed by atoms with van der Waals surface area (Å²) < 4.78 is 5.31. The van der Waals surface area contributed by atoms with Gasteiger partial charge in [-0.05, 0) is 28.7 Å². The molecule has 1 unspecified atom stereocenters. The van der Waals surface area contributed by atoms with E-state index in [1.165, 1.54) is 0 Å². The molecule has 2 aromatic carbocycles. The third-order valence-electron chi connectivity index (χ3n) is 4.34. The van der Waals surface area contributed by atoms with Gasteiger partial charge in [0.25, 0.3) is 0 Å². The van der Waals surface area contributed by atoms with Crippen LogP contribution in [0.25, 0.3) is 11.1 Å². The van der Waals surface area contributed by atoms with E-state index in [1.54, 1.807) is 6.92 Å². The van der Waals surface area contributed by atoms with Crippen molar-refractivity contribution in [3.63, 3.8) is 0 Å². The van der Waals surface area contributed by atoms with Crippen molar-refractivity contribution in [2.24, 2.45) is 0 Å². The van der Waals surface area contributed by atoms with E-state index in [0.717, 1.165) is 22.3 Å². The summed E-state index contributed by atoms with van der Waals surface area (Å²) in [5.41, 5.74) is 4.55. The van der Waals surface area contributed by atoms with Crippen LogP contribution in [0.2, 0.25) is 0 Å². The van der Waals surface area contributed by atoms with Crippen LogP contribution in [0.3, 0.4) is 0 Å². The van der Waals surface area contributed by atoms with Gasteiger partial charge < -0.3 is 15.2 Å². The highest BCUT2D eigenvalue weighted by molar-refractivity contribution is 5.81. The molecule has 0 aromatic heterocycles. The smallest absolute Gasteiger partial charge is 0.407 e. The van der Waals surface area contributed by atoms with E-state index in [9.17, 15) is 9.59 Å². The second-order valence-corrected chi connectivity index (χ2v) is 5.77. The third kappa shape index (κ3) is 2.97. The first kappa shape index (κ1) is 16.1. The van der Waals surface area contributed by atoms with Gasteiger partial charge >= 0.3 is 12.1 Å². The van der Waals surface area contributed by atoms with E-state index in [1.807, 2.05) is 36.4 Å². The highest BCUT2D eigenvalue weighted by atomic mass is 16.5. The molecule has 124 valence electrons. The lowest BCUT2D eigenvalue weighted by Gasteiger charge is -2.16. The van der Waals surface area contributed by atoms with Crippen LogP contribution in [0.5, 0.6) is 0 Å². The van der Waals surface area contributed by atoms with Crippen LogP contribution in [0.1, 0.15) is 30.4 Å². The molecule has 0 saturated carbocycles. The van der Waals surface area contributed by atoms with Crippen molar-refractivity contribution < 1.29 is 19.4 Å². The van der Waals surface area contributed by atoms with Crippen LogP contribution < -0.4 is 5.32 Å². The fourth-order valence-corrected chi connectivity index (χ4v) is 3.12. The number of carboxylic acids is 1. The number of carboxylic acid groups (broad SMARTS) is 1. The molecule has 5 heteroatoms. The molecule has 0 saturated heterocycles. The Balaban J connectivity index is 1.74. The standard InChI is InChI=1S/C19H19NO4/c1-2-17(18(21)22)20-19(23)24-11-16-14-9-5-3-7-12(14)13-8-4-6-10-15(13)16/h3-10,16-17H,2,11H2,1H3,(H,20,23)(H,21,22). The van der Waals surface area contributed by atoms with Crippen molar-refractivity contribution in [3.05, 3.63) is 59.7 Å². The molecule has 1 aliphatic rings. The molecule has 2 N–H and O–H groups in total. The Morgan fingerprint density at radius 1 is 1.08 bits per heavy atom. The van der Waals surface area contributed by atoms with Crippen LogP contribution in [-0.4, -0.2) is 29.8 Å². The van der Waals surface area contributed by atoms with Gasteiger partial charge in [0.2, 0.25) is 0 Å². The van der Waals surface area contributed by atoms with Crippen molar-refractivity contribution in [1.29, 1.82) is 0 Å². The zero-order chi connectivity index (χ0) is 17.1. The molecule has 0 aliphatic heterocycles. The Bertz CT molecular complexity index is 726. The number of rotatable bonds is 5. The van der Waals surface area contributed by atoms with Gasteiger partial charge in [0.05, 0.1) is 0 Å². The summed E-state index contributed by atoms with van der Waals surface area (Å²) in [6.07, 6.45) is -0.398. The number of amides is 1. The highest BCUT2D eigenvalue weighted by Gasteiger charge is 2.29. The van der Waals surface area contributed by atoms with Gasteiger partial charge in [-0.25, -0.2) is 9.59 Å². The maximum atomic E-state index is 11.9. The number of nitrogens with one attached hydrogen (secondary N) is 1. The third-order valence-corrected chi connectivity index (χ3v) is 4.34. The fraction of sp³-hybridized carbons (Fsp3) is 0.263. The van der Waals surface area contributed by atoms with E-state index >= 15 is 0 Å². The number of hydrogen-bond donors (Lipinski definition) is 2. The molecule has 0 spiro atoms. The molecule has 0 heterocycles. The lowest BCUT2D eigenvalue weighted by atomic mass is 9.98. The summed E-state index contributed by atoms with van der Waals surface area (Å²) in [5, 5.41) is 11.4. The zero-order valence-corrected chi connectivity index (χ0v) is 13.4. The van der Waals surface area contributed by atoms with Gasteiger partial charge in [0, 0.05) is 5.92 Å². The number of ether oxygens (including phenoxy) is 1. The predicted molar refractivity (Wildman–Crippen MR) is 89.9 cm³/mol. The largest absolute Gasteiger partial charge is 0.480 e. The summed E-state index contributed by atoms with van der Waals surface area (Å²) >= 11 is 0. The average Bonchev–Trinajstić information content (AvgIpc) is 2.91. The van der Waals surface area contributed by atoms with Gasteiger partial charge in [-0.15, -0.1) is 0 Å². The number of carbonyl (C=O) groups is 2. The number of carbonyl (C=O) groups excluding carboxylic acids is 1. The van der Waals surface area contributed by atoms with Crippen molar-refractivity contribution in [2.45, 2.75) is 25.3 Å². The first-order valence-electron chi connectivity index (χ1n) is 7.96. The lowest BCUT2D eigenvalue weighted by Crippen LogP contribution is -2.40.